The Hall–Kier alpha value is -2.70. The van der Waals surface area contributed by atoms with Gasteiger partial charge < -0.3 is 9.84 Å². The number of phenols is 1. The molecule has 0 atom stereocenters. The predicted octanol–water partition coefficient (Wildman–Crippen LogP) is 4.14. The molecule has 0 amide bonds. The third-order valence-electron chi connectivity index (χ3n) is 3.18. The highest BCUT2D eigenvalue weighted by atomic mass is 19.4. The zero-order valence-electron chi connectivity index (χ0n) is 11.4. The fourth-order valence-electron chi connectivity index (χ4n) is 2.22. The van der Waals surface area contributed by atoms with E-state index in [0.29, 0.717) is 11.3 Å². The van der Waals surface area contributed by atoms with E-state index in [1.54, 1.807) is 0 Å². The van der Waals surface area contributed by atoms with Crippen LogP contribution in [0.25, 0.3) is 22.2 Å². The molecule has 114 valence electrons. The van der Waals surface area contributed by atoms with Gasteiger partial charge in [-0.2, -0.15) is 5.10 Å². The fraction of sp³-hybridized carbons (Fsp3) is 0.133. The summed E-state index contributed by atoms with van der Waals surface area (Å²) in [7, 11) is 0. The molecule has 3 rings (SSSR count). The monoisotopic (exact) mass is 308 g/mol. The third-order valence-corrected chi connectivity index (χ3v) is 3.18. The standard InChI is InChI=1S/C15H11F3N2O2/c1-8-2-4-10-11(6-8)19-20-14(10)9-3-5-12(21)13(7-9)22-15(16,17)18/h2-7,21H,1H3,(H,19,20). The first-order valence-corrected chi connectivity index (χ1v) is 6.37. The van der Waals surface area contributed by atoms with E-state index in [9.17, 15) is 18.3 Å². The Morgan fingerprint density at radius 1 is 1.14 bits per heavy atom. The SMILES string of the molecule is Cc1ccc2c(-c3ccc(O)c(OC(F)(F)F)c3)n[nH]c2c1. The predicted molar refractivity (Wildman–Crippen MR) is 74.6 cm³/mol. The van der Waals surface area contributed by atoms with E-state index < -0.39 is 17.9 Å². The van der Waals surface area contributed by atoms with E-state index in [1.165, 1.54) is 6.07 Å². The number of aryl methyl sites for hydroxylation is 1. The highest BCUT2D eigenvalue weighted by Gasteiger charge is 2.32. The second-order valence-corrected chi connectivity index (χ2v) is 4.85. The Labute approximate surface area is 123 Å². The molecule has 0 radical (unpaired) electrons. The summed E-state index contributed by atoms with van der Waals surface area (Å²) in [5.41, 5.74) is 2.71. The van der Waals surface area contributed by atoms with Crippen LogP contribution in [-0.2, 0) is 0 Å². The van der Waals surface area contributed by atoms with E-state index in [2.05, 4.69) is 14.9 Å². The van der Waals surface area contributed by atoms with E-state index in [4.69, 9.17) is 0 Å². The summed E-state index contributed by atoms with van der Waals surface area (Å²) in [6.45, 7) is 1.93. The first-order valence-electron chi connectivity index (χ1n) is 6.37. The van der Waals surface area contributed by atoms with Crippen LogP contribution in [0.1, 0.15) is 5.56 Å². The molecule has 0 saturated heterocycles. The number of aromatic nitrogens is 2. The van der Waals surface area contributed by atoms with E-state index in [-0.39, 0.29) is 0 Å². The maximum atomic E-state index is 12.3. The molecule has 3 aromatic rings. The minimum atomic E-state index is -4.87. The van der Waals surface area contributed by atoms with E-state index >= 15 is 0 Å². The smallest absolute Gasteiger partial charge is 0.504 e. The van der Waals surface area contributed by atoms with Gasteiger partial charge in [-0.25, -0.2) is 0 Å². The van der Waals surface area contributed by atoms with Crippen molar-refractivity contribution in [3.63, 3.8) is 0 Å². The van der Waals surface area contributed by atoms with Crippen LogP contribution >= 0.6 is 0 Å². The van der Waals surface area contributed by atoms with Crippen LogP contribution in [0.15, 0.2) is 36.4 Å². The van der Waals surface area contributed by atoms with Crippen molar-refractivity contribution in [2.45, 2.75) is 13.3 Å². The molecule has 1 heterocycles. The van der Waals surface area contributed by atoms with Gasteiger partial charge in [-0.3, -0.25) is 5.10 Å². The van der Waals surface area contributed by atoms with Crippen LogP contribution in [0.5, 0.6) is 11.5 Å². The van der Waals surface area contributed by atoms with E-state index in [0.717, 1.165) is 28.6 Å². The number of ether oxygens (including phenoxy) is 1. The van der Waals surface area contributed by atoms with Gasteiger partial charge in [0.25, 0.3) is 0 Å². The molecule has 0 bridgehead atoms. The van der Waals surface area contributed by atoms with Crippen molar-refractivity contribution in [2.75, 3.05) is 0 Å². The van der Waals surface area contributed by atoms with Gasteiger partial charge >= 0.3 is 6.36 Å². The Balaban J connectivity index is 2.09. The van der Waals surface area contributed by atoms with Crippen molar-refractivity contribution in [2.24, 2.45) is 0 Å². The summed E-state index contributed by atoms with van der Waals surface area (Å²) in [5, 5.41) is 17.2. The molecule has 0 unspecified atom stereocenters. The fourth-order valence-corrected chi connectivity index (χ4v) is 2.22. The summed E-state index contributed by atoms with van der Waals surface area (Å²) >= 11 is 0. The summed E-state index contributed by atoms with van der Waals surface area (Å²) in [6, 6.07) is 9.34. The minimum absolute atomic E-state index is 0.409. The molecule has 2 N–H and O–H groups in total. The number of hydrogen-bond donors (Lipinski definition) is 2. The zero-order valence-corrected chi connectivity index (χ0v) is 11.4. The number of fused-ring (bicyclic) bond motifs is 1. The van der Waals surface area contributed by atoms with Gasteiger partial charge in [0.15, 0.2) is 11.5 Å². The molecule has 2 aromatic carbocycles. The van der Waals surface area contributed by atoms with Crippen molar-refractivity contribution >= 4 is 10.9 Å². The molecule has 0 aliphatic rings. The van der Waals surface area contributed by atoms with Crippen molar-refractivity contribution in [1.29, 1.82) is 0 Å². The number of nitrogens with one attached hydrogen (secondary N) is 1. The lowest BCUT2D eigenvalue weighted by Crippen LogP contribution is -2.17. The van der Waals surface area contributed by atoms with Crippen LogP contribution in [0, 0.1) is 6.92 Å². The van der Waals surface area contributed by atoms with Crippen LogP contribution in [-0.4, -0.2) is 21.7 Å². The topological polar surface area (TPSA) is 58.1 Å². The average Bonchev–Trinajstić information content (AvgIpc) is 2.82. The van der Waals surface area contributed by atoms with Crippen molar-refractivity contribution in [3.8, 4) is 22.8 Å². The number of aromatic amines is 1. The Kier molecular flexibility index (Phi) is 3.20. The lowest BCUT2D eigenvalue weighted by molar-refractivity contribution is -0.275. The second-order valence-electron chi connectivity index (χ2n) is 4.85. The van der Waals surface area contributed by atoms with Crippen LogP contribution in [0.2, 0.25) is 0 Å². The van der Waals surface area contributed by atoms with Gasteiger partial charge in [0.2, 0.25) is 0 Å². The Bertz CT molecular complexity index is 840. The normalized spacial score (nSPS) is 11.8. The summed E-state index contributed by atoms with van der Waals surface area (Å²) in [4.78, 5) is 0. The number of benzene rings is 2. The Morgan fingerprint density at radius 2 is 1.91 bits per heavy atom. The summed E-state index contributed by atoms with van der Waals surface area (Å²) in [5.74, 6) is -1.25. The number of aromatic hydroxyl groups is 1. The molecule has 0 aliphatic heterocycles. The molecule has 1 aromatic heterocycles. The van der Waals surface area contributed by atoms with Gasteiger partial charge in [0, 0.05) is 10.9 Å². The van der Waals surface area contributed by atoms with Crippen LogP contribution in [0.3, 0.4) is 0 Å². The molecule has 0 spiro atoms. The maximum Gasteiger partial charge on any atom is 0.573 e. The number of H-pyrrole nitrogens is 1. The number of phenolic OH excluding ortho intramolecular Hbond substituents is 1. The van der Waals surface area contributed by atoms with E-state index in [1.807, 2.05) is 25.1 Å². The highest BCUT2D eigenvalue weighted by Crippen LogP contribution is 2.36. The maximum absolute atomic E-state index is 12.3. The van der Waals surface area contributed by atoms with Gasteiger partial charge in [-0.1, -0.05) is 12.1 Å². The van der Waals surface area contributed by atoms with Gasteiger partial charge in [-0.05, 0) is 36.8 Å². The first-order chi connectivity index (χ1) is 10.3. The summed E-state index contributed by atoms with van der Waals surface area (Å²) in [6.07, 6.45) is -4.87. The number of rotatable bonds is 2. The lowest BCUT2D eigenvalue weighted by atomic mass is 10.1. The van der Waals surface area contributed by atoms with Gasteiger partial charge in [0.05, 0.1) is 5.52 Å². The van der Waals surface area contributed by atoms with Crippen LogP contribution < -0.4 is 4.74 Å². The number of hydrogen-bond acceptors (Lipinski definition) is 3. The highest BCUT2D eigenvalue weighted by molar-refractivity contribution is 5.93. The quantitative estimate of drug-likeness (QED) is 0.748. The molecule has 4 nitrogen and oxygen atoms in total. The zero-order chi connectivity index (χ0) is 15.9. The molecule has 0 fully saturated rings. The second kappa shape index (κ2) is 4.94. The molecule has 22 heavy (non-hydrogen) atoms. The molecular formula is C15H11F3N2O2. The Morgan fingerprint density at radius 3 is 2.64 bits per heavy atom. The van der Waals surface area contributed by atoms with Gasteiger partial charge in [-0.15, -0.1) is 13.2 Å². The minimum Gasteiger partial charge on any atom is -0.504 e. The largest absolute Gasteiger partial charge is 0.573 e. The molecule has 7 heteroatoms. The first kappa shape index (κ1) is 14.2. The van der Waals surface area contributed by atoms with Crippen molar-refractivity contribution in [3.05, 3.63) is 42.0 Å². The number of alkyl halides is 3. The summed E-state index contributed by atoms with van der Waals surface area (Å²) < 4.78 is 40.8. The third kappa shape index (κ3) is 2.69. The van der Waals surface area contributed by atoms with Gasteiger partial charge in [0.1, 0.15) is 5.69 Å². The van der Waals surface area contributed by atoms with Crippen molar-refractivity contribution in [1.82, 2.24) is 10.2 Å². The molecule has 0 aliphatic carbocycles. The lowest BCUT2D eigenvalue weighted by Gasteiger charge is -2.11. The molecule has 0 saturated carbocycles. The van der Waals surface area contributed by atoms with Crippen LogP contribution in [0.4, 0.5) is 13.2 Å². The molecular weight excluding hydrogens is 297 g/mol. The average molecular weight is 308 g/mol. The van der Waals surface area contributed by atoms with Crippen molar-refractivity contribution < 1.29 is 23.0 Å². The number of halogens is 3. The number of nitrogens with zero attached hydrogens (tertiary/aromatic N) is 1.